The van der Waals surface area contributed by atoms with Crippen LogP contribution in [-0.2, 0) is 21.4 Å². The fourth-order valence-corrected chi connectivity index (χ4v) is 2.28. The van der Waals surface area contributed by atoms with Gasteiger partial charge >= 0.3 is 0 Å². The molecule has 0 fully saturated rings. The summed E-state index contributed by atoms with van der Waals surface area (Å²) in [7, 11) is -3.76. The van der Waals surface area contributed by atoms with E-state index < -0.39 is 15.9 Å². The molecule has 2 aromatic carbocycles. The lowest BCUT2D eigenvalue weighted by Crippen LogP contribution is -2.15. The van der Waals surface area contributed by atoms with Crippen LogP contribution in [0, 0.1) is 5.82 Å². The normalized spacial score (nSPS) is 11.6. The highest BCUT2D eigenvalue weighted by Gasteiger charge is 2.07. The van der Waals surface area contributed by atoms with Gasteiger partial charge in [-0.05, 0) is 42.0 Å². The van der Waals surface area contributed by atoms with E-state index in [0.717, 1.165) is 5.56 Å². The third kappa shape index (κ3) is 5.52. The number of nitrogens with one attached hydrogen (secondary N) is 1. The van der Waals surface area contributed by atoms with Crippen LogP contribution < -0.4 is 10.5 Å². The van der Waals surface area contributed by atoms with Crippen LogP contribution in [0.15, 0.2) is 63.7 Å². The van der Waals surface area contributed by atoms with Crippen molar-refractivity contribution in [2.24, 2.45) is 15.4 Å². The Bertz CT molecular complexity index is 834. The van der Waals surface area contributed by atoms with Gasteiger partial charge in [-0.2, -0.15) is 10.2 Å². The van der Waals surface area contributed by atoms with Crippen LogP contribution in [0.25, 0.3) is 0 Å². The summed E-state index contributed by atoms with van der Waals surface area (Å²) in [5.41, 5.74) is 1.19. The van der Waals surface area contributed by atoms with Crippen molar-refractivity contribution in [3.05, 3.63) is 59.9 Å². The van der Waals surface area contributed by atoms with Gasteiger partial charge in [0.2, 0.25) is 15.9 Å². The van der Waals surface area contributed by atoms with Crippen LogP contribution in [0.1, 0.15) is 5.56 Å². The number of halogens is 1. The van der Waals surface area contributed by atoms with Crippen LogP contribution in [-0.4, -0.2) is 20.9 Å². The van der Waals surface area contributed by atoms with E-state index in [-0.39, 0.29) is 23.8 Å². The number of anilines is 1. The van der Waals surface area contributed by atoms with Gasteiger partial charge in [-0.3, -0.25) is 4.79 Å². The summed E-state index contributed by atoms with van der Waals surface area (Å²) in [6, 6.07) is 11.2. The number of rotatable bonds is 6. The molecule has 24 heavy (non-hydrogen) atoms. The number of carbonyl (C=O) groups excluding carboxylic acids is 1. The number of nitrogens with zero attached hydrogens (tertiary/aromatic N) is 2. The van der Waals surface area contributed by atoms with Gasteiger partial charge in [-0.25, -0.2) is 17.9 Å². The summed E-state index contributed by atoms with van der Waals surface area (Å²) in [5, 5.41) is 15.1. The van der Waals surface area contributed by atoms with Gasteiger partial charge < -0.3 is 5.32 Å². The molecule has 0 aliphatic rings. The Hall–Kier alpha value is -2.65. The Morgan fingerprint density at radius 3 is 2.25 bits per heavy atom. The highest BCUT2D eigenvalue weighted by Crippen LogP contribution is 2.12. The Morgan fingerprint density at radius 1 is 1.04 bits per heavy atom. The van der Waals surface area contributed by atoms with Gasteiger partial charge in [0.25, 0.3) is 0 Å². The first kappa shape index (κ1) is 17.7. The Labute approximate surface area is 138 Å². The Morgan fingerprint density at radius 2 is 1.67 bits per heavy atom. The first-order chi connectivity index (χ1) is 11.3. The first-order valence-electron chi connectivity index (χ1n) is 6.85. The topological polar surface area (TPSA) is 114 Å². The zero-order valence-electron chi connectivity index (χ0n) is 12.5. The predicted molar refractivity (Wildman–Crippen MR) is 86.3 cm³/mol. The lowest BCUT2D eigenvalue weighted by Gasteiger charge is -2.04. The number of nitrogens with two attached hydrogens (primary N) is 1. The fourth-order valence-electron chi connectivity index (χ4n) is 1.76. The zero-order valence-corrected chi connectivity index (χ0v) is 13.3. The van der Waals surface area contributed by atoms with Crippen LogP contribution in [0.5, 0.6) is 0 Å². The molecule has 0 aliphatic carbocycles. The molecular weight excluding hydrogens is 335 g/mol. The summed E-state index contributed by atoms with van der Waals surface area (Å²) >= 11 is 0. The van der Waals surface area contributed by atoms with Crippen LogP contribution in [0.3, 0.4) is 0 Å². The van der Waals surface area contributed by atoms with E-state index in [9.17, 15) is 17.6 Å². The molecule has 0 aromatic heterocycles. The van der Waals surface area contributed by atoms with E-state index in [1.807, 2.05) is 0 Å². The van der Waals surface area contributed by atoms with Crippen molar-refractivity contribution >= 4 is 21.6 Å². The lowest BCUT2D eigenvalue weighted by atomic mass is 10.2. The van der Waals surface area contributed by atoms with Crippen molar-refractivity contribution in [1.82, 2.24) is 0 Å². The van der Waals surface area contributed by atoms with E-state index in [1.165, 1.54) is 36.4 Å². The summed E-state index contributed by atoms with van der Waals surface area (Å²) in [6.07, 6.45) is 0. The van der Waals surface area contributed by atoms with Gasteiger partial charge in [0.1, 0.15) is 12.4 Å². The minimum absolute atomic E-state index is 0.0421. The van der Waals surface area contributed by atoms with Gasteiger partial charge in [0, 0.05) is 5.69 Å². The molecule has 0 bridgehead atoms. The summed E-state index contributed by atoms with van der Waals surface area (Å²) in [5.74, 6) is -0.732. The maximum absolute atomic E-state index is 12.7. The summed E-state index contributed by atoms with van der Waals surface area (Å²) in [4.78, 5) is 11.7. The zero-order chi connectivity index (χ0) is 17.6. The number of benzene rings is 2. The maximum Gasteiger partial charge on any atom is 0.247 e. The number of amides is 1. The van der Waals surface area contributed by atoms with E-state index in [4.69, 9.17) is 5.14 Å². The number of sulfonamides is 1. The van der Waals surface area contributed by atoms with Gasteiger partial charge in [0.15, 0.2) is 0 Å². The molecule has 126 valence electrons. The lowest BCUT2D eigenvalue weighted by molar-refractivity contribution is -0.114. The molecule has 0 radical (unpaired) electrons. The molecule has 0 saturated carbocycles. The van der Waals surface area contributed by atoms with Crippen LogP contribution >= 0.6 is 0 Å². The summed E-state index contributed by atoms with van der Waals surface area (Å²) in [6.45, 7) is 0.0642. The third-order valence-electron chi connectivity index (χ3n) is 2.95. The van der Waals surface area contributed by atoms with E-state index >= 15 is 0 Å². The summed E-state index contributed by atoms with van der Waals surface area (Å²) < 4.78 is 35.0. The van der Waals surface area contributed by atoms with E-state index in [2.05, 4.69) is 15.5 Å². The molecule has 2 rings (SSSR count). The Kier molecular flexibility index (Phi) is 5.72. The van der Waals surface area contributed by atoms with Crippen molar-refractivity contribution in [2.45, 2.75) is 11.4 Å². The molecule has 0 atom stereocenters. The molecule has 0 spiro atoms. The van der Waals surface area contributed by atoms with Crippen molar-refractivity contribution in [3.8, 4) is 0 Å². The molecule has 0 unspecified atom stereocenters. The van der Waals surface area contributed by atoms with Crippen LogP contribution in [0.4, 0.5) is 10.1 Å². The standard InChI is InChI=1S/C15H15FN4O3S/c16-12-3-1-11(2-4-12)9-18-19-10-15(21)20-13-5-7-14(8-6-13)24(17,22)23/h1-8H,9-10H2,(H,20,21)(H2,17,22,23). The molecule has 3 N–H and O–H groups in total. The number of hydrogen-bond acceptors (Lipinski definition) is 5. The molecule has 0 aliphatic heterocycles. The number of primary sulfonamides is 1. The third-order valence-corrected chi connectivity index (χ3v) is 3.88. The Balaban J connectivity index is 1.82. The molecule has 2 aromatic rings. The fraction of sp³-hybridized carbons (Fsp3) is 0.133. The molecule has 0 heterocycles. The van der Waals surface area contributed by atoms with Gasteiger partial charge in [-0.1, -0.05) is 12.1 Å². The smallest absolute Gasteiger partial charge is 0.247 e. The quantitative estimate of drug-likeness (QED) is 0.777. The second-order valence-corrected chi connectivity index (χ2v) is 6.40. The average molecular weight is 350 g/mol. The predicted octanol–water partition coefficient (Wildman–Crippen LogP) is 2.06. The van der Waals surface area contributed by atoms with Crippen molar-refractivity contribution in [1.29, 1.82) is 0 Å². The van der Waals surface area contributed by atoms with Crippen molar-refractivity contribution < 1.29 is 17.6 Å². The average Bonchev–Trinajstić information content (AvgIpc) is 2.53. The molecule has 9 heteroatoms. The van der Waals surface area contributed by atoms with E-state index in [0.29, 0.717) is 5.69 Å². The molecule has 1 amide bonds. The largest absolute Gasteiger partial charge is 0.324 e. The molecule has 0 saturated heterocycles. The minimum Gasteiger partial charge on any atom is -0.324 e. The second kappa shape index (κ2) is 7.75. The number of azo groups is 1. The maximum atomic E-state index is 12.7. The monoisotopic (exact) mass is 350 g/mol. The second-order valence-electron chi connectivity index (χ2n) is 4.84. The van der Waals surface area contributed by atoms with Crippen molar-refractivity contribution in [3.63, 3.8) is 0 Å². The van der Waals surface area contributed by atoms with E-state index in [1.54, 1.807) is 12.1 Å². The highest BCUT2D eigenvalue weighted by molar-refractivity contribution is 7.89. The van der Waals surface area contributed by atoms with Crippen molar-refractivity contribution in [2.75, 3.05) is 11.9 Å². The minimum atomic E-state index is -3.76. The number of hydrogen-bond donors (Lipinski definition) is 2. The van der Waals surface area contributed by atoms with Gasteiger partial charge in [-0.15, -0.1) is 0 Å². The molecule has 7 nitrogen and oxygen atoms in total. The van der Waals surface area contributed by atoms with Crippen LogP contribution in [0.2, 0.25) is 0 Å². The SMILES string of the molecule is NS(=O)(=O)c1ccc(NC(=O)CN=NCc2ccc(F)cc2)cc1. The first-order valence-corrected chi connectivity index (χ1v) is 8.39. The van der Waals surface area contributed by atoms with Gasteiger partial charge in [0.05, 0.1) is 11.4 Å². The number of carbonyl (C=O) groups is 1. The molecular formula is C15H15FN4O3S. The highest BCUT2D eigenvalue weighted by atomic mass is 32.2.